The molecule has 3 amide bonds. The number of nitrogens with one attached hydrogen (secondary N) is 3. The minimum Gasteiger partial charge on any atom is -0.341 e. The Kier molecular flexibility index (Phi) is 5.92. The lowest BCUT2D eigenvalue weighted by atomic mass is 10.0. The van der Waals surface area contributed by atoms with Crippen molar-refractivity contribution in [2.45, 2.75) is 19.8 Å². The van der Waals surface area contributed by atoms with E-state index in [2.05, 4.69) is 21.0 Å². The molecule has 150 valence electrons. The van der Waals surface area contributed by atoms with E-state index in [0.29, 0.717) is 28.3 Å². The summed E-state index contributed by atoms with van der Waals surface area (Å²) in [5, 5.41) is 12.3. The Labute approximate surface area is 167 Å². The number of rotatable bonds is 5. The SMILES string of the molecule is CNC(=O)Nc1cccc(NC(=O)c2cnn(-c3ccc(F)cc3)c2C(C)C)c1. The minimum absolute atomic E-state index is 0.00422. The van der Waals surface area contributed by atoms with Crippen LogP contribution in [0.15, 0.2) is 54.7 Å². The monoisotopic (exact) mass is 395 g/mol. The average molecular weight is 395 g/mol. The number of carbonyl (C=O) groups excluding carboxylic acids is 2. The lowest BCUT2D eigenvalue weighted by molar-refractivity contribution is 0.102. The van der Waals surface area contributed by atoms with E-state index < -0.39 is 0 Å². The van der Waals surface area contributed by atoms with Crippen LogP contribution in [0.5, 0.6) is 0 Å². The summed E-state index contributed by atoms with van der Waals surface area (Å²) >= 11 is 0. The fourth-order valence-corrected chi connectivity index (χ4v) is 2.94. The largest absolute Gasteiger partial charge is 0.341 e. The fraction of sp³-hybridized carbons (Fsp3) is 0.190. The van der Waals surface area contributed by atoms with Crippen molar-refractivity contribution in [3.63, 3.8) is 0 Å². The van der Waals surface area contributed by atoms with E-state index in [1.807, 2.05) is 13.8 Å². The Morgan fingerprint density at radius 3 is 2.31 bits per heavy atom. The standard InChI is InChI=1S/C21H22FN5O2/c1-13(2)19-18(12-24-27(19)17-9-7-14(22)8-10-17)20(28)25-15-5-4-6-16(11-15)26-21(29)23-3/h4-13H,1-3H3,(H,25,28)(H2,23,26,29). The van der Waals surface area contributed by atoms with Crippen molar-refractivity contribution in [3.8, 4) is 5.69 Å². The summed E-state index contributed by atoms with van der Waals surface area (Å²) in [6, 6.07) is 12.4. The predicted octanol–water partition coefficient (Wildman–Crippen LogP) is 4.14. The number of benzene rings is 2. The second-order valence-electron chi connectivity index (χ2n) is 6.73. The van der Waals surface area contributed by atoms with Crippen LogP contribution in [0.4, 0.5) is 20.6 Å². The van der Waals surface area contributed by atoms with Crippen molar-refractivity contribution < 1.29 is 14.0 Å². The molecule has 3 N–H and O–H groups in total. The van der Waals surface area contributed by atoms with Gasteiger partial charge in [0.2, 0.25) is 0 Å². The van der Waals surface area contributed by atoms with Crippen molar-refractivity contribution in [1.29, 1.82) is 0 Å². The molecule has 0 aliphatic heterocycles. The molecule has 0 unspecified atom stereocenters. The first-order chi connectivity index (χ1) is 13.9. The van der Waals surface area contributed by atoms with Gasteiger partial charge in [-0.15, -0.1) is 0 Å². The number of hydrogen-bond acceptors (Lipinski definition) is 3. The molecule has 0 fully saturated rings. The Bertz CT molecular complexity index is 1030. The Hall–Kier alpha value is -3.68. The Balaban J connectivity index is 1.87. The highest BCUT2D eigenvalue weighted by Crippen LogP contribution is 2.24. The summed E-state index contributed by atoms with van der Waals surface area (Å²) < 4.78 is 14.9. The number of nitrogens with zero attached hydrogens (tertiary/aromatic N) is 2. The van der Waals surface area contributed by atoms with Crippen molar-refractivity contribution in [1.82, 2.24) is 15.1 Å². The van der Waals surface area contributed by atoms with Crippen molar-refractivity contribution >= 4 is 23.3 Å². The van der Waals surface area contributed by atoms with Crippen LogP contribution in [0.25, 0.3) is 5.69 Å². The van der Waals surface area contributed by atoms with Gasteiger partial charge in [-0.05, 0) is 48.4 Å². The molecule has 7 nitrogen and oxygen atoms in total. The average Bonchev–Trinajstić information content (AvgIpc) is 3.14. The van der Waals surface area contributed by atoms with Crippen LogP contribution in [0.3, 0.4) is 0 Å². The molecule has 0 saturated heterocycles. The molecule has 2 aromatic carbocycles. The van der Waals surface area contributed by atoms with Gasteiger partial charge in [-0.2, -0.15) is 5.10 Å². The number of amides is 3. The van der Waals surface area contributed by atoms with Gasteiger partial charge < -0.3 is 16.0 Å². The van der Waals surface area contributed by atoms with E-state index in [1.165, 1.54) is 25.4 Å². The van der Waals surface area contributed by atoms with E-state index in [1.54, 1.807) is 41.1 Å². The lowest BCUT2D eigenvalue weighted by Crippen LogP contribution is -2.24. The summed E-state index contributed by atoms with van der Waals surface area (Å²) in [4.78, 5) is 24.4. The van der Waals surface area contributed by atoms with Gasteiger partial charge in [0.05, 0.1) is 23.1 Å². The normalized spacial score (nSPS) is 10.7. The molecular weight excluding hydrogens is 373 g/mol. The maximum Gasteiger partial charge on any atom is 0.318 e. The summed E-state index contributed by atoms with van der Waals surface area (Å²) in [6.07, 6.45) is 1.50. The van der Waals surface area contributed by atoms with Gasteiger partial charge in [0.15, 0.2) is 0 Å². The molecule has 0 spiro atoms. The first-order valence-electron chi connectivity index (χ1n) is 9.13. The highest BCUT2D eigenvalue weighted by molar-refractivity contribution is 6.05. The summed E-state index contributed by atoms with van der Waals surface area (Å²) in [5.41, 5.74) is 2.90. The number of hydrogen-bond donors (Lipinski definition) is 3. The van der Waals surface area contributed by atoms with E-state index in [-0.39, 0.29) is 23.7 Å². The molecule has 0 bridgehead atoms. The third-order valence-corrected chi connectivity index (χ3v) is 4.27. The molecule has 29 heavy (non-hydrogen) atoms. The maximum absolute atomic E-state index is 13.2. The first kappa shape index (κ1) is 20.1. The number of carbonyl (C=O) groups is 2. The quantitative estimate of drug-likeness (QED) is 0.607. The van der Waals surface area contributed by atoms with E-state index >= 15 is 0 Å². The summed E-state index contributed by atoms with van der Waals surface area (Å²) in [7, 11) is 1.52. The van der Waals surface area contributed by atoms with Gasteiger partial charge in [-0.25, -0.2) is 13.9 Å². The van der Waals surface area contributed by atoms with Gasteiger partial charge in [0.25, 0.3) is 5.91 Å². The van der Waals surface area contributed by atoms with Gasteiger partial charge in [-0.1, -0.05) is 19.9 Å². The molecule has 0 atom stereocenters. The minimum atomic E-state index is -0.351. The maximum atomic E-state index is 13.2. The molecule has 0 saturated carbocycles. The third-order valence-electron chi connectivity index (χ3n) is 4.27. The van der Waals surface area contributed by atoms with Crippen LogP contribution in [-0.4, -0.2) is 28.8 Å². The number of anilines is 2. The van der Waals surface area contributed by atoms with Crippen LogP contribution >= 0.6 is 0 Å². The zero-order valence-corrected chi connectivity index (χ0v) is 16.4. The van der Waals surface area contributed by atoms with Crippen LogP contribution in [-0.2, 0) is 0 Å². The van der Waals surface area contributed by atoms with E-state index in [4.69, 9.17) is 0 Å². The second kappa shape index (κ2) is 8.55. The topological polar surface area (TPSA) is 88.1 Å². The van der Waals surface area contributed by atoms with Crippen molar-refractivity contribution in [2.24, 2.45) is 0 Å². The highest BCUT2D eigenvalue weighted by Gasteiger charge is 2.21. The molecule has 8 heteroatoms. The van der Waals surface area contributed by atoms with Crippen LogP contribution in [0, 0.1) is 5.82 Å². The zero-order valence-electron chi connectivity index (χ0n) is 16.4. The third kappa shape index (κ3) is 4.60. The molecular formula is C21H22FN5O2. The van der Waals surface area contributed by atoms with Crippen LogP contribution in [0.2, 0.25) is 0 Å². The van der Waals surface area contributed by atoms with Crippen LogP contribution in [0.1, 0.15) is 35.8 Å². The van der Waals surface area contributed by atoms with Gasteiger partial charge in [0, 0.05) is 18.4 Å². The van der Waals surface area contributed by atoms with E-state index in [0.717, 1.165) is 0 Å². The smallest absolute Gasteiger partial charge is 0.318 e. The Morgan fingerprint density at radius 2 is 1.69 bits per heavy atom. The molecule has 1 heterocycles. The predicted molar refractivity (Wildman–Crippen MR) is 110 cm³/mol. The van der Waals surface area contributed by atoms with Crippen molar-refractivity contribution in [3.05, 3.63) is 71.8 Å². The summed E-state index contributed by atoms with van der Waals surface area (Å²) in [5.74, 6) is -0.654. The van der Waals surface area contributed by atoms with E-state index in [9.17, 15) is 14.0 Å². The molecule has 3 rings (SSSR count). The highest BCUT2D eigenvalue weighted by atomic mass is 19.1. The van der Waals surface area contributed by atoms with Crippen molar-refractivity contribution in [2.75, 3.05) is 17.7 Å². The number of halogens is 1. The molecule has 3 aromatic rings. The number of urea groups is 1. The molecule has 0 aliphatic carbocycles. The molecule has 1 aromatic heterocycles. The Morgan fingerprint density at radius 1 is 1.03 bits per heavy atom. The van der Waals surface area contributed by atoms with Crippen LogP contribution < -0.4 is 16.0 Å². The molecule has 0 aliphatic rings. The van der Waals surface area contributed by atoms with Gasteiger partial charge >= 0.3 is 6.03 Å². The fourth-order valence-electron chi connectivity index (χ4n) is 2.94. The first-order valence-corrected chi connectivity index (χ1v) is 9.13. The number of aromatic nitrogens is 2. The van der Waals surface area contributed by atoms with Gasteiger partial charge in [0.1, 0.15) is 5.82 Å². The molecule has 0 radical (unpaired) electrons. The lowest BCUT2D eigenvalue weighted by Gasteiger charge is -2.13. The second-order valence-corrected chi connectivity index (χ2v) is 6.73. The zero-order chi connectivity index (χ0) is 21.0. The van der Waals surface area contributed by atoms with Gasteiger partial charge in [-0.3, -0.25) is 4.79 Å². The summed E-state index contributed by atoms with van der Waals surface area (Å²) in [6.45, 7) is 3.92.